The van der Waals surface area contributed by atoms with Crippen LogP contribution in [-0.4, -0.2) is 36.3 Å². The number of rotatable bonds is 7. The van der Waals surface area contributed by atoms with Gasteiger partial charge in [-0.25, -0.2) is 8.42 Å². The Bertz CT molecular complexity index is 1500. The molecule has 1 amide bonds. The highest BCUT2D eigenvalue weighted by atomic mass is 32.2. The monoisotopic (exact) mass is 492 g/mol. The molecule has 1 N–H and O–H groups in total. The van der Waals surface area contributed by atoms with Crippen LogP contribution in [0.5, 0.6) is 17.4 Å². The minimum Gasteiger partial charge on any atom is -0.493 e. The molecule has 0 spiro atoms. The Balaban J connectivity index is 1.58. The average molecular weight is 493 g/mol. The van der Waals surface area contributed by atoms with E-state index in [1.54, 1.807) is 61.6 Å². The standard InChI is InChI=1S/C25H24N4O5S/c1-17(24(30)27-26-23-21-11-7-8-12-22(21)28(2)25(23)31)29(35(3,32)33)18-13-15-20(16-14-18)34-19-9-5-4-6-10-19/h4-17,31H,1-3H3/t17-/m1/s1. The molecule has 1 atom stereocenters. The number of nitrogens with zero attached hydrogens (tertiary/aromatic N) is 4. The number of fused-ring (bicyclic) bond motifs is 1. The zero-order valence-corrected chi connectivity index (χ0v) is 20.2. The number of anilines is 1. The lowest BCUT2D eigenvalue weighted by atomic mass is 10.2. The van der Waals surface area contributed by atoms with Crippen molar-refractivity contribution >= 4 is 38.2 Å². The molecule has 0 saturated heterocycles. The molecule has 0 aliphatic carbocycles. The summed E-state index contributed by atoms with van der Waals surface area (Å²) in [4.78, 5) is 12.9. The van der Waals surface area contributed by atoms with Gasteiger partial charge in [-0.3, -0.25) is 9.10 Å². The van der Waals surface area contributed by atoms with Crippen LogP contribution >= 0.6 is 0 Å². The van der Waals surface area contributed by atoms with Crippen LogP contribution in [0, 0.1) is 0 Å². The van der Waals surface area contributed by atoms with Crippen molar-refractivity contribution in [3.63, 3.8) is 0 Å². The molecule has 0 aliphatic heterocycles. The molecule has 10 heteroatoms. The molecule has 180 valence electrons. The quantitative estimate of drug-likeness (QED) is 0.359. The van der Waals surface area contributed by atoms with E-state index in [9.17, 15) is 18.3 Å². The normalized spacial score (nSPS) is 12.7. The van der Waals surface area contributed by atoms with Gasteiger partial charge in [0.1, 0.15) is 17.5 Å². The van der Waals surface area contributed by atoms with Gasteiger partial charge in [-0.1, -0.05) is 36.4 Å². The van der Waals surface area contributed by atoms with Crippen LogP contribution in [-0.2, 0) is 21.9 Å². The molecular weight excluding hydrogens is 468 g/mol. The predicted molar refractivity (Wildman–Crippen MR) is 134 cm³/mol. The van der Waals surface area contributed by atoms with E-state index in [1.165, 1.54) is 11.5 Å². The van der Waals surface area contributed by atoms with Gasteiger partial charge in [0.05, 0.1) is 17.5 Å². The maximum absolute atomic E-state index is 12.9. The van der Waals surface area contributed by atoms with Crippen LogP contribution in [0.1, 0.15) is 6.92 Å². The molecule has 0 saturated carbocycles. The van der Waals surface area contributed by atoms with E-state index in [0.717, 1.165) is 16.1 Å². The summed E-state index contributed by atoms with van der Waals surface area (Å²) in [6.07, 6.45) is 1.01. The lowest BCUT2D eigenvalue weighted by Gasteiger charge is -2.26. The minimum atomic E-state index is -3.84. The number of hydrogen-bond donors (Lipinski definition) is 1. The molecule has 0 aliphatic rings. The van der Waals surface area contributed by atoms with Gasteiger partial charge in [0.25, 0.3) is 5.91 Å². The van der Waals surface area contributed by atoms with Crippen molar-refractivity contribution in [3.05, 3.63) is 78.9 Å². The number of aryl methyl sites for hydroxylation is 1. The fourth-order valence-electron chi connectivity index (χ4n) is 3.73. The third kappa shape index (κ3) is 5.02. The Morgan fingerprint density at radius 2 is 1.57 bits per heavy atom. The summed E-state index contributed by atoms with van der Waals surface area (Å²) in [5, 5.41) is 18.7. The summed E-state index contributed by atoms with van der Waals surface area (Å²) < 4.78 is 33.4. The van der Waals surface area contributed by atoms with Gasteiger partial charge in [0.2, 0.25) is 15.9 Å². The fraction of sp³-hybridized carbons (Fsp3) is 0.160. The van der Waals surface area contributed by atoms with E-state index < -0.39 is 22.0 Å². The first-order valence-corrected chi connectivity index (χ1v) is 12.6. The van der Waals surface area contributed by atoms with Crippen molar-refractivity contribution < 1.29 is 23.1 Å². The van der Waals surface area contributed by atoms with Gasteiger partial charge in [0, 0.05) is 12.4 Å². The van der Waals surface area contributed by atoms with Gasteiger partial charge in [-0.05, 0) is 49.4 Å². The summed E-state index contributed by atoms with van der Waals surface area (Å²) in [6.45, 7) is 1.43. The number of aromatic hydroxyl groups is 1. The van der Waals surface area contributed by atoms with E-state index in [-0.39, 0.29) is 17.3 Å². The minimum absolute atomic E-state index is 0.136. The van der Waals surface area contributed by atoms with Crippen molar-refractivity contribution in [2.24, 2.45) is 17.3 Å². The van der Waals surface area contributed by atoms with Gasteiger partial charge < -0.3 is 14.4 Å². The number of benzene rings is 3. The molecule has 0 unspecified atom stereocenters. The molecule has 4 rings (SSSR count). The van der Waals surface area contributed by atoms with Crippen LogP contribution < -0.4 is 9.04 Å². The lowest BCUT2D eigenvalue weighted by molar-refractivity contribution is -0.119. The third-order valence-corrected chi connectivity index (χ3v) is 6.68. The Kier molecular flexibility index (Phi) is 6.57. The smallest absolute Gasteiger partial charge is 0.287 e. The highest BCUT2D eigenvalue weighted by Crippen LogP contribution is 2.38. The van der Waals surface area contributed by atoms with Crippen molar-refractivity contribution in [3.8, 4) is 17.4 Å². The number of aromatic nitrogens is 1. The largest absolute Gasteiger partial charge is 0.493 e. The van der Waals surface area contributed by atoms with Gasteiger partial charge in [-0.2, -0.15) is 0 Å². The van der Waals surface area contributed by atoms with E-state index >= 15 is 0 Å². The zero-order chi connectivity index (χ0) is 25.2. The summed E-state index contributed by atoms with van der Waals surface area (Å²) in [7, 11) is -2.17. The summed E-state index contributed by atoms with van der Waals surface area (Å²) in [5.41, 5.74) is 1.13. The second-order valence-electron chi connectivity index (χ2n) is 7.93. The Morgan fingerprint density at radius 1 is 0.971 bits per heavy atom. The Hall–Kier alpha value is -4.18. The maximum Gasteiger partial charge on any atom is 0.287 e. The number of amides is 1. The zero-order valence-electron chi connectivity index (χ0n) is 19.4. The number of carbonyl (C=O) groups is 1. The maximum atomic E-state index is 12.9. The molecule has 0 fully saturated rings. The van der Waals surface area contributed by atoms with Crippen LogP contribution in [0.2, 0.25) is 0 Å². The molecule has 35 heavy (non-hydrogen) atoms. The molecule has 0 radical (unpaired) electrons. The molecule has 1 heterocycles. The van der Waals surface area contributed by atoms with Crippen molar-refractivity contribution in [2.45, 2.75) is 13.0 Å². The van der Waals surface area contributed by atoms with Crippen LogP contribution in [0.3, 0.4) is 0 Å². The first-order chi connectivity index (χ1) is 16.7. The molecule has 9 nitrogen and oxygen atoms in total. The lowest BCUT2D eigenvalue weighted by Crippen LogP contribution is -2.42. The second kappa shape index (κ2) is 9.59. The van der Waals surface area contributed by atoms with Crippen molar-refractivity contribution in [2.75, 3.05) is 10.6 Å². The summed E-state index contributed by atoms with van der Waals surface area (Å²) in [5.74, 6) is 0.219. The van der Waals surface area contributed by atoms with E-state index in [1.807, 2.05) is 24.3 Å². The molecule has 0 bridgehead atoms. The van der Waals surface area contributed by atoms with E-state index in [0.29, 0.717) is 16.9 Å². The van der Waals surface area contributed by atoms with Gasteiger partial charge in [0.15, 0.2) is 5.69 Å². The van der Waals surface area contributed by atoms with E-state index in [2.05, 4.69) is 10.2 Å². The first-order valence-electron chi connectivity index (χ1n) is 10.7. The highest BCUT2D eigenvalue weighted by Gasteiger charge is 2.29. The van der Waals surface area contributed by atoms with Crippen LogP contribution in [0.15, 0.2) is 89.1 Å². The highest BCUT2D eigenvalue weighted by molar-refractivity contribution is 7.92. The third-order valence-electron chi connectivity index (χ3n) is 5.44. The Morgan fingerprint density at radius 3 is 2.23 bits per heavy atom. The second-order valence-corrected chi connectivity index (χ2v) is 9.79. The topological polar surface area (TPSA) is 114 Å². The average Bonchev–Trinajstić information content (AvgIpc) is 3.08. The number of hydrogen-bond acceptors (Lipinski definition) is 6. The van der Waals surface area contributed by atoms with E-state index in [4.69, 9.17) is 4.74 Å². The molecule has 3 aromatic carbocycles. The summed E-state index contributed by atoms with van der Waals surface area (Å²) in [6, 6.07) is 21.5. The number of ether oxygens (including phenoxy) is 1. The van der Waals surface area contributed by atoms with Crippen molar-refractivity contribution in [1.82, 2.24) is 4.57 Å². The number of para-hydroxylation sites is 2. The predicted octanol–water partition coefficient (Wildman–Crippen LogP) is 5.14. The molecular formula is C25H24N4O5S. The SMILES string of the molecule is C[C@H](C(=O)N=Nc1c(O)n(C)c2ccccc12)N(c1ccc(Oc2ccccc2)cc1)S(C)(=O)=O. The number of carbonyl (C=O) groups excluding carboxylic acids is 1. The molecule has 1 aromatic heterocycles. The van der Waals surface area contributed by atoms with Gasteiger partial charge >= 0.3 is 0 Å². The van der Waals surface area contributed by atoms with Crippen LogP contribution in [0.25, 0.3) is 10.9 Å². The number of azo groups is 1. The number of sulfonamides is 1. The van der Waals surface area contributed by atoms with Gasteiger partial charge in [-0.15, -0.1) is 10.2 Å². The fourth-order valence-corrected chi connectivity index (χ4v) is 4.90. The first kappa shape index (κ1) is 24.0. The Labute approximate surface area is 203 Å². The summed E-state index contributed by atoms with van der Waals surface area (Å²) >= 11 is 0. The van der Waals surface area contributed by atoms with Crippen LogP contribution in [0.4, 0.5) is 11.4 Å². The van der Waals surface area contributed by atoms with Crippen molar-refractivity contribution in [1.29, 1.82) is 0 Å². The molecule has 4 aromatic rings.